The van der Waals surface area contributed by atoms with Gasteiger partial charge in [-0.1, -0.05) is 13.8 Å². The Labute approximate surface area is 102 Å². The minimum atomic E-state index is -0.583. The number of benzene rings is 1. The molecule has 0 bridgehead atoms. The number of halogens is 2. The van der Waals surface area contributed by atoms with Crippen LogP contribution in [-0.4, -0.2) is 12.7 Å². The van der Waals surface area contributed by atoms with E-state index in [1.165, 1.54) is 18.2 Å². The van der Waals surface area contributed by atoms with Gasteiger partial charge < -0.3 is 4.74 Å². The van der Waals surface area contributed by atoms with E-state index in [0.29, 0.717) is 16.8 Å². The number of amides is 1. The van der Waals surface area contributed by atoms with Crippen LogP contribution in [0.2, 0.25) is 0 Å². The summed E-state index contributed by atoms with van der Waals surface area (Å²) in [4.78, 5) is 11.3. The van der Waals surface area contributed by atoms with Gasteiger partial charge in [0.25, 0.3) is 0 Å². The SMILES string of the molecule is CC(C)COC(=O)Nc1cc(F)ccc1Br. The van der Waals surface area contributed by atoms with Crippen LogP contribution in [0.25, 0.3) is 0 Å². The number of rotatable bonds is 3. The molecule has 0 fully saturated rings. The van der Waals surface area contributed by atoms with E-state index in [0.717, 1.165) is 0 Å². The first-order chi connectivity index (χ1) is 7.49. The van der Waals surface area contributed by atoms with Gasteiger partial charge >= 0.3 is 6.09 Å². The zero-order valence-electron chi connectivity index (χ0n) is 9.09. The predicted molar refractivity (Wildman–Crippen MR) is 63.9 cm³/mol. The minimum Gasteiger partial charge on any atom is -0.449 e. The minimum absolute atomic E-state index is 0.265. The monoisotopic (exact) mass is 289 g/mol. The standard InChI is InChI=1S/C11H13BrFNO2/c1-7(2)6-16-11(15)14-10-5-8(13)3-4-9(10)12/h3-5,7H,6H2,1-2H3,(H,14,15). The lowest BCUT2D eigenvalue weighted by molar-refractivity contribution is 0.147. The molecule has 0 aliphatic rings. The molecule has 1 aromatic carbocycles. The van der Waals surface area contributed by atoms with E-state index >= 15 is 0 Å². The van der Waals surface area contributed by atoms with Crippen LogP contribution >= 0.6 is 15.9 Å². The summed E-state index contributed by atoms with van der Waals surface area (Å²) in [6.07, 6.45) is -0.583. The van der Waals surface area contributed by atoms with E-state index in [-0.39, 0.29) is 5.92 Å². The average Bonchev–Trinajstić information content (AvgIpc) is 2.20. The first-order valence-corrected chi connectivity index (χ1v) is 5.67. The van der Waals surface area contributed by atoms with E-state index in [9.17, 15) is 9.18 Å². The lowest BCUT2D eigenvalue weighted by Crippen LogP contribution is -2.16. The first-order valence-electron chi connectivity index (χ1n) is 4.88. The summed E-state index contributed by atoms with van der Waals surface area (Å²) in [6, 6.07) is 4.04. The Morgan fingerprint density at radius 3 is 2.88 bits per heavy atom. The van der Waals surface area contributed by atoms with Crippen LogP contribution in [0.1, 0.15) is 13.8 Å². The highest BCUT2D eigenvalue weighted by atomic mass is 79.9. The van der Waals surface area contributed by atoms with Crippen LogP contribution in [0.3, 0.4) is 0 Å². The summed E-state index contributed by atoms with van der Waals surface area (Å²) in [5.41, 5.74) is 0.355. The van der Waals surface area contributed by atoms with Crippen molar-refractivity contribution >= 4 is 27.7 Å². The predicted octanol–water partition coefficient (Wildman–Crippen LogP) is 3.79. The Bertz CT molecular complexity index is 382. The summed E-state index contributed by atoms with van der Waals surface area (Å²) in [5.74, 6) is -0.149. The van der Waals surface area contributed by atoms with E-state index in [2.05, 4.69) is 21.2 Å². The third-order valence-electron chi connectivity index (χ3n) is 1.71. The summed E-state index contributed by atoms with van der Waals surface area (Å²) in [7, 11) is 0. The van der Waals surface area contributed by atoms with Crippen molar-refractivity contribution in [2.45, 2.75) is 13.8 Å². The lowest BCUT2D eigenvalue weighted by Gasteiger charge is -2.09. The number of anilines is 1. The summed E-state index contributed by atoms with van der Waals surface area (Å²) in [6.45, 7) is 4.20. The molecule has 0 saturated carbocycles. The van der Waals surface area contributed by atoms with Crippen LogP contribution in [-0.2, 0) is 4.74 Å². The molecule has 0 spiro atoms. The van der Waals surface area contributed by atoms with Crippen molar-refractivity contribution in [3.8, 4) is 0 Å². The third-order valence-corrected chi connectivity index (χ3v) is 2.40. The Morgan fingerprint density at radius 2 is 2.25 bits per heavy atom. The van der Waals surface area contributed by atoms with Gasteiger partial charge in [-0.2, -0.15) is 0 Å². The van der Waals surface area contributed by atoms with Gasteiger partial charge in [-0.3, -0.25) is 5.32 Å². The molecule has 1 N–H and O–H groups in total. The molecule has 0 atom stereocenters. The second-order valence-electron chi connectivity index (χ2n) is 3.74. The van der Waals surface area contributed by atoms with Crippen LogP contribution in [0.4, 0.5) is 14.9 Å². The molecule has 0 aromatic heterocycles. The third kappa shape index (κ3) is 4.18. The summed E-state index contributed by atoms with van der Waals surface area (Å²) < 4.78 is 18.4. The maximum absolute atomic E-state index is 12.9. The van der Waals surface area contributed by atoms with Crippen molar-refractivity contribution in [2.24, 2.45) is 5.92 Å². The molecule has 0 aliphatic carbocycles. The van der Waals surface area contributed by atoms with Crippen molar-refractivity contribution in [2.75, 3.05) is 11.9 Å². The van der Waals surface area contributed by atoms with Crippen LogP contribution < -0.4 is 5.32 Å². The van der Waals surface area contributed by atoms with Gasteiger partial charge in [0.15, 0.2) is 0 Å². The maximum Gasteiger partial charge on any atom is 0.411 e. The number of nitrogens with one attached hydrogen (secondary N) is 1. The fourth-order valence-corrected chi connectivity index (χ4v) is 1.33. The molecule has 1 aromatic rings. The van der Waals surface area contributed by atoms with Gasteiger partial charge in [0.2, 0.25) is 0 Å². The maximum atomic E-state index is 12.9. The topological polar surface area (TPSA) is 38.3 Å². The molecule has 3 nitrogen and oxygen atoms in total. The summed E-state index contributed by atoms with van der Waals surface area (Å²) in [5, 5.41) is 2.46. The van der Waals surface area contributed by atoms with Gasteiger partial charge in [0, 0.05) is 4.47 Å². The molecule has 16 heavy (non-hydrogen) atoms. The highest BCUT2D eigenvalue weighted by Gasteiger charge is 2.08. The zero-order chi connectivity index (χ0) is 12.1. The normalized spacial score (nSPS) is 10.3. The highest BCUT2D eigenvalue weighted by Crippen LogP contribution is 2.23. The quantitative estimate of drug-likeness (QED) is 0.919. The molecule has 0 unspecified atom stereocenters. The van der Waals surface area contributed by atoms with Gasteiger partial charge in [-0.15, -0.1) is 0 Å². The number of carbonyl (C=O) groups is 1. The Morgan fingerprint density at radius 1 is 1.56 bits per heavy atom. The Kier molecular flexibility index (Phi) is 4.73. The molecular formula is C11H13BrFNO2. The van der Waals surface area contributed by atoms with E-state index in [1.807, 2.05) is 13.8 Å². The highest BCUT2D eigenvalue weighted by molar-refractivity contribution is 9.10. The van der Waals surface area contributed by atoms with Crippen molar-refractivity contribution in [1.82, 2.24) is 0 Å². The van der Waals surface area contributed by atoms with E-state index in [4.69, 9.17) is 4.74 Å². The van der Waals surface area contributed by atoms with Crippen LogP contribution in [0.15, 0.2) is 22.7 Å². The first kappa shape index (κ1) is 13.0. The fourth-order valence-electron chi connectivity index (χ4n) is 0.982. The zero-order valence-corrected chi connectivity index (χ0v) is 10.7. The molecule has 1 rings (SSSR count). The second kappa shape index (κ2) is 5.84. The van der Waals surface area contributed by atoms with Crippen molar-refractivity contribution in [1.29, 1.82) is 0 Å². The molecule has 1 amide bonds. The Balaban J connectivity index is 2.59. The Hall–Kier alpha value is -1.10. The average molecular weight is 290 g/mol. The van der Waals surface area contributed by atoms with Gasteiger partial charge in [-0.05, 0) is 40.0 Å². The van der Waals surface area contributed by atoms with Gasteiger partial charge in [0.05, 0.1) is 12.3 Å². The van der Waals surface area contributed by atoms with E-state index < -0.39 is 11.9 Å². The number of carbonyl (C=O) groups excluding carboxylic acids is 1. The van der Waals surface area contributed by atoms with Gasteiger partial charge in [0.1, 0.15) is 5.82 Å². The van der Waals surface area contributed by atoms with Crippen LogP contribution in [0, 0.1) is 11.7 Å². The lowest BCUT2D eigenvalue weighted by atomic mass is 10.2. The van der Waals surface area contributed by atoms with Crippen molar-refractivity contribution < 1.29 is 13.9 Å². The largest absolute Gasteiger partial charge is 0.449 e. The van der Waals surface area contributed by atoms with Crippen molar-refractivity contribution in [3.05, 3.63) is 28.5 Å². The van der Waals surface area contributed by atoms with Crippen molar-refractivity contribution in [3.63, 3.8) is 0 Å². The molecule has 88 valence electrons. The van der Waals surface area contributed by atoms with Gasteiger partial charge in [-0.25, -0.2) is 9.18 Å². The molecule has 5 heteroatoms. The number of hydrogen-bond donors (Lipinski definition) is 1. The summed E-state index contributed by atoms with van der Waals surface area (Å²) >= 11 is 3.20. The van der Waals surface area contributed by atoms with Crippen LogP contribution in [0.5, 0.6) is 0 Å². The smallest absolute Gasteiger partial charge is 0.411 e. The molecule has 0 heterocycles. The second-order valence-corrected chi connectivity index (χ2v) is 4.60. The number of hydrogen-bond acceptors (Lipinski definition) is 2. The fraction of sp³-hybridized carbons (Fsp3) is 0.364. The van der Waals surface area contributed by atoms with E-state index in [1.54, 1.807) is 0 Å². The number of ether oxygens (including phenoxy) is 1. The molecule has 0 radical (unpaired) electrons. The molecule has 0 saturated heterocycles. The molecule has 0 aliphatic heterocycles. The molecular weight excluding hydrogens is 277 g/mol.